The van der Waals surface area contributed by atoms with E-state index in [2.05, 4.69) is 15.3 Å². The van der Waals surface area contributed by atoms with Crippen LogP contribution in [0, 0.1) is 0 Å². The lowest BCUT2D eigenvalue weighted by Gasteiger charge is -2.20. The van der Waals surface area contributed by atoms with E-state index < -0.39 is 0 Å². The minimum atomic E-state index is -0.108. The fourth-order valence-corrected chi connectivity index (χ4v) is 3.38. The Morgan fingerprint density at radius 3 is 2.81 bits per heavy atom. The van der Waals surface area contributed by atoms with Crippen molar-refractivity contribution in [1.82, 2.24) is 15.3 Å². The van der Waals surface area contributed by atoms with Gasteiger partial charge in [-0.25, -0.2) is 4.98 Å². The van der Waals surface area contributed by atoms with Crippen molar-refractivity contribution in [3.05, 3.63) is 60.3 Å². The molecule has 0 spiro atoms. The number of pyridine rings is 2. The molecule has 0 saturated carbocycles. The average Bonchev–Trinajstić information content (AvgIpc) is 3.23. The highest BCUT2D eigenvalue weighted by Gasteiger charge is 2.25. The number of fused-ring (bicyclic) bond motifs is 1. The number of nitrogens with zero attached hydrogens (tertiary/aromatic N) is 2. The second-order valence-electron chi connectivity index (χ2n) is 6.60. The summed E-state index contributed by atoms with van der Waals surface area (Å²) in [5.74, 6) is -0.108. The van der Waals surface area contributed by atoms with Gasteiger partial charge in [-0.1, -0.05) is 24.3 Å². The summed E-state index contributed by atoms with van der Waals surface area (Å²) in [6, 6.07) is 15.2. The number of benzene rings is 1. The van der Waals surface area contributed by atoms with Crippen molar-refractivity contribution in [2.75, 3.05) is 6.61 Å². The second-order valence-corrected chi connectivity index (χ2v) is 6.60. The molecular formula is C21H21N3O2. The highest BCUT2D eigenvalue weighted by molar-refractivity contribution is 6.07. The van der Waals surface area contributed by atoms with Gasteiger partial charge in [0.15, 0.2) is 0 Å². The first-order valence-electron chi connectivity index (χ1n) is 8.96. The first kappa shape index (κ1) is 16.7. The highest BCUT2D eigenvalue weighted by atomic mass is 16.5. The molecule has 3 heterocycles. The average molecular weight is 347 g/mol. The number of aromatic nitrogens is 2. The maximum atomic E-state index is 13.0. The van der Waals surface area contributed by atoms with E-state index >= 15 is 0 Å². The quantitative estimate of drug-likeness (QED) is 0.783. The van der Waals surface area contributed by atoms with Crippen molar-refractivity contribution in [3.63, 3.8) is 0 Å². The molecule has 3 aromatic rings. The van der Waals surface area contributed by atoms with Crippen molar-refractivity contribution in [3.8, 4) is 11.4 Å². The largest absolute Gasteiger partial charge is 0.376 e. The van der Waals surface area contributed by atoms with Crippen LogP contribution in [0.5, 0.6) is 0 Å². The number of hydrogen-bond acceptors (Lipinski definition) is 4. The Kier molecular flexibility index (Phi) is 4.63. The van der Waals surface area contributed by atoms with E-state index in [1.165, 1.54) is 0 Å². The van der Waals surface area contributed by atoms with Crippen LogP contribution in [0.2, 0.25) is 0 Å². The summed E-state index contributed by atoms with van der Waals surface area (Å²) >= 11 is 0. The Morgan fingerprint density at radius 1 is 1.19 bits per heavy atom. The van der Waals surface area contributed by atoms with Gasteiger partial charge in [-0.05, 0) is 44.0 Å². The zero-order valence-electron chi connectivity index (χ0n) is 14.7. The van der Waals surface area contributed by atoms with E-state index in [9.17, 15) is 4.79 Å². The Hall–Kier alpha value is -2.79. The molecule has 0 bridgehead atoms. The van der Waals surface area contributed by atoms with Gasteiger partial charge in [-0.15, -0.1) is 0 Å². The Morgan fingerprint density at radius 2 is 2.04 bits per heavy atom. The van der Waals surface area contributed by atoms with Crippen LogP contribution in [0.15, 0.2) is 54.7 Å². The number of ether oxygens (including phenoxy) is 1. The Bertz CT molecular complexity index is 921. The molecule has 1 aliphatic heterocycles. The van der Waals surface area contributed by atoms with E-state index in [1.807, 2.05) is 55.5 Å². The monoisotopic (exact) mass is 347 g/mol. The van der Waals surface area contributed by atoms with E-state index in [4.69, 9.17) is 4.74 Å². The van der Waals surface area contributed by atoms with Crippen molar-refractivity contribution in [2.45, 2.75) is 31.9 Å². The fourth-order valence-electron chi connectivity index (χ4n) is 3.38. The van der Waals surface area contributed by atoms with Gasteiger partial charge >= 0.3 is 0 Å². The van der Waals surface area contributed by atoms with E-state index in [1.54, 1.807) is 6.20 Å². The van der Waals surface area contributed by atoms with Crippen LogP contribution in [-0.4, -0.2) is 34.6 Å². The van der Waals surface area contributed by atoms with Gasteiger partial charge in [0.1, 0.15) is 0 Å². The molecule has 1 aromatic carbocycles. The summed E-state index contributed by atoms with van der Waals surface area (Å²) in [5.41, 5.74) is 2.84. The van der Waals surface area contributed by atoms with Crippen LogP contribution in [0.1, 0.15) is 30.1 Å². The molecule has 1 saturated heterocycles. The summed E-state index contributed by atoms with van der Waals surface area (Å²) in [4.78, 5) is 22.0. The lowest BCUT2D eigenvalue weighted by molar-refractivity contribution is 0.0713. The van der Waals surface area contributed by atoms with Crippen LogP contribution >= 0.6 is 0 Å². The molecule has 2 aromatic heterocycles. The summed E-state index contributed by atoms with van der Waals surface area (Å²) in [6.07, 6.45) is 3.85. The number of rotatable bonds is 4. The van der Waals surface area contributed by atoms with Gasteiger partial charge in [-0.3, -0.25) is 9.78 Å². The second kappa shape index (κ2) is 7.22. The maximum absolute atomic E-state index is 13.0. The standard InChI is InChI=1S/C21H21N3O2/c1-14(20-10-6-12-26-20)23-21(25)16-13-19(18-9-4-5-11-22-18)24-17-8-3-2-7-15(16)17/h2-5,7-9,11,13-14,20H,6,10,12H2,1H3,(H,23,25)/t14-,20+/m1/s1. The van der Waals surface area contributed by atoms with Crippen LogP contribution in [0.25, 0.3) is 22.3 Å². The van der Waals surface area contributed by atoms with E-state index in [-0.39, 0.29) is 18.1 Å². The van der Waals surface area contributed by atoms with E-state index in [0.29, 0.717) is 11.3 Å². The summed E-state index contributed by atoms with van der Waals surface area (Å²) in [5, 5.41) is 3.93. The predicted molar refractivity (Wildman–Crippen MR) is 101 cm³/mol. The van der Waals surface area contributed by atoms with Crippen molar-refractivity contribution in [1.29, 1.82) is 0 Å². The first-order chi connectivity index (χ1) is 12.7. The van der Waals surface area contributed by atoms with Crippen LogP contribution in [0.3, 0.4) is 0 Å². The third-order valence-electron chi connectivity index (χ3n) is 4.77. The molecule has 5 heteroatoms. The third kappa shape index (κ3) is 3.30. The summed E-state index contributed by atoms with van der Waals surface area (Å²) < 4.78 is 5.69. The minimum Gasteiger partial charge on any atom is -0.376 e. The normalized spacial score (nSPS) is 18.0. The SMILES string of the molecule is C[C@@H](NC(=O)c1cc(-c2ccccn2)nc2ccccc12)[C@@H]1CCCO1. The van der Waals surface area contributed by atoms with Gasteiger partial charge in [-0.2, -0.15) is 0 Å². The minimum absolute atomic E-state index is 0.0322. The van der Waals surface area contributed by atoms with E-state index in [0.717, 1.165) is 36.0 Å². The van der Waals surface area contributed by atoms with Gasteiger partial charge in [0.25, 0.3) is 5.91 Å². The Balaban J connectivity index is 1.71. The van der Waals surface area contributed by atoms with Crippen LogP contribution in [-0.2, 0) is 4.74 Å². The molecule has 26 heavy (non-hydrogen) atoms. The lowest BCUT2D eigenvalue weighted by atomic mass is 10.0. The molecule has 0 aliphatic carbocycles. The highest BCUT2D eigenvalue weighted by Crippen LogP contribution is 2.24. The smallest absolute Gasteiger partial charge is 0.252 e. The molecule has 1 fully saturated rings. The van der Waals surface area contributed by atoms with Crippen LogP contribution < -0.4 is 5.32 Å². The zero-order chi connectivity index (χ0) is 17.9. The summed E-state index contributed by atoms with van der Waals surface area (Å²) in [6.45, 7) is 2.77. The van der Waals surface area contributed by atoms with Crippen molar-refractivity contribution < 1.29 is 9.53 Å². The lowest BCUT2D eigenvalue weighted by Crippen LogP contribution is -2.40. The molecule has 132 valence electrons. The molecule has 1 aliphatic rings. The zero-order valence-corrected chi connectivity index (χ0v) is 14.7. The molecule has 1 amide bonds. The van der Waals surface area contributed by atoms with Crippen molar-refractivity contribution >= 4 is 16.8 Å². The van der Waals surface area contributed by atoms with Gasteiger partial charge in [0, 0.05) is 18.2 Å². The first-order valence-corrected chi connectivity index (χ1v) is 8.96. The molecular weight excluding hydrogens is 326 g/mol. The fraction of sp³-hybridized carbons (Fsp3) is 0.286. The number of hydrogen-bond donors (Lipinski definition) is 1. The van der Waals surface area contributed by atoms with Gasteiger partial charge < -0.3 is 10.1 Å². The Labute approximate surface area is 152 Å². The molecule has 5 nitrogen and oxygen atoms in total. The third-order valence-corrected chi connectivity index (χ3v) is 4.77. The number of nitrogens with one attached hydrogen (secondary N) is 1. The van der Waals surface area contributed by atoms with Gasteiger partial charge in [0.05, 0.1) is 34.6 Å². The molecule has 4 rings (SSSR count). The topological polar surface area (TPSA) is 64.1 Å². The van der Waals surface area contributed by atoms with Crippen molar-refractivity contribution in [2.24, 2.45) is 0 Å². The molecule has 0 radical (unpaired) electrons. The summed E-state index contributed by atoms with van der Waals surface area (Å²) in [7, 11) is 0. The van der Waals surface area contributed by atoms with Gasteiger partial charge in [0.2, 0.25) is 0 Å². The maximum Gasteiger partial charge on any atom is 0.252 e. The predicted octanol–water partition coefficient (Wildman–Crippen LogP) is 3.59. The number of carbonyl (C=O) groups excluding carboxylic acids is 1. The van der Waals surface area contributed by atoms with Crippen LogP contribution in [0.4, 0.5) is 0 Å². The molecule has 2 atom stereocenters. The number of carbonyl (C=O) groups is 1. The number of para-hydroxylation sites is 1. The molecule has 0 unspecified atom stereocenters. The molecule has 1 N–H and O–H groups in total. The number of amides is 1.